The highest BCUT2D eigenvalue weighted by atomic mass is 19.1. The Morgan fingerprint density at radius 1 is 1.17 bits per heavy atom. The molecule has 0 unspecified atom stereocenters. The number of amides is 1. The van der Waals surface area contributed by atoms with Crippen LogP contribution >= 0.6 is 0 Å². The maximum absolute atomic E-state index is 13.8. The molecule has 1 amide bonds. The van der Waals surface area contributed by atoms with E-state index in [9.17, 15) is 18.4 Å². The van der Waals surface area contributed by atoms with Gasteiger partial charge in [-0.05, 0) is 55.7 Å². The predicted octanol–water partition coefficient (Wildman–Crippen LogP) is 3.82. The van der Waals surface area contributed by atoms with Gasteiger partial charge >= 0.3 is 0 Å². The summed E-state index contributed by atoms with van der Waals surface area (Å²) in [5.74, 6) is -0.712. The minimum Gasteiger partial charge on any atom is -0.343 e. The van der Waals surface area contributed by atoms with Crippen LogP contribution < -0.4 is 0 Å². The third-order valence-corrected chi connectivity index (χ3v) is 5.34. The van der Waals surface area contributed by atoms with Crippen molar-refractivity contribution in [1.82, 2.24) is 4.90 Å². The van der Waals surface area contributed by atoms with Gasteiger partial charge in [-0.2, -0.15) is 0 Å². The number of carbonyl (C=O) groups is 2. The molecule has 3 rings (SSSR count). The topological polar surface area (TPSA) is 37.4 Å². The monoisotopic (exact) mass is 335 g/mol. The van der Waals surface area contributed by atoms with Crippen LogP contribution in [0.1, 0.15) is 49.4 Å². The van der Waals surface area contributed by atoms with E-state index in [1.165, 1.54) is 12.8 Å². The third-order valence-electron chi connectivity index (χ3n) is 5.34. The van der Waals surface area contributed by atoms with E-state index >= 15 is 0 Å². The maximum Gasteiger partial charge on any atom is 0.222 e. The minimum absolute atomic E-state index is 0.150. The number of hydrogen-bond acceptors (Lipinski definition) is 2. The first-order chi connectivity index (χ1) is 11.5. The van der Waals surface area contributed by atoms with Crippen molar-refractivity contribution >= 4 is 11.7 Å². The molecule has 3 nitrogen and oxygen atoms in total. The van der Waals surface area contributed by atoms with Crippen molar-refractivity contribution in [2.75, 3.05) is 13.1 Å². The Balaban J connectivity index is 1.55. The van der Waals surface area contributed by atoms with E-state index in [4.69, 9.17) is 0 Å². The van der Waals surface area contributed by atoms with Crippen LogP contribution in [0.4, 0.5) is 8.78 Å². The van der Waals surface area contributed by atoms with Crippen molar-refractivity contribution in [1.29, 1.82) is 0 Å². The molecule has 1 saturated carbocycles. The number of piperidine rings is 1. The molecule has 0 spiro atoms. The number of halogens is 2. The summed E-state index contributed by atoms with van der Waals surface area (Å²) in [7, 11) is 0. The first-order valence-electron chi connectivity index (χ1n) is 8.72. The fourth-order valence-corrected chi connectivity index (χ4v) is 3.53. The molecular weight excluding hydrogens is 312 g/mol. The predicted molar refractivity (Wildman–Crippen MR) is 86.5 cm³/mol. The first kappa shape index (κ1) is 17.1. The van der Waals surface area contributed by atoms with E-state index in [2.05, 4.69) is 6.92 Å². The van der Waals surface area contributed by atoms with E-state index in [-0.39, 0.29) is 23.2 Å². The lowest BCUT2D eigenvalue weighted by molar-refractivity contribution is -0.133. The smallest absolute Gasteiger partial charge is 0.222 e. The molecule has 0 bridgehead atoms. The largest absolute Gasteiger partial charge is 0.343 e. The summed E-state index contributed by atoms with van der Waals surface area (Å²) in [4.78, 5) is 26.5. The Morgan fingerprint density at radius 3 is 2.46 bits per heavy atom. The van der Waals surface area contributed by atoms with Crippen LogP contribution in [0.15, 0.2) is 18.2 Å². The van der Waals surface area contributed by atoms with Gasteiger partial charge < -0.3 is 4.90 Å². The lowest BCUT2D eigenvalue weighted by Crippen LogP contribution is -2.41. The highest BCUT2D eigenvalue weighted by molar-refractivity contribution is 5.98. The number of nitrogens with zero attached hydrogens (tertiary/aromatic N) is 1. The van der Waals surface area contributed by atoms with Gasteiger partial charge in [0.15, 0.2) is 5.78 Å². The normalized spacial score (nSPS) is 20.0. The Labute approximate surface area is 141 Å². The standard InChI is InChI=1S/C19H23F2NO2/c1-12(13-2-3-13)10-18(23)22-8-6-14(7-9-22)19(24)16-11-15(20)4-5-17(16)21/h4-5,11-14H,2-3,6-10H2,1H3/t12-/m1/s1. The van der Waals surface area contributed by atoms with Gasteiger partial charge in [-0.1, -0.05) is 6.92 Å². The zero-order valence-electron chi connectivity index (χ0n) is 13.9. The second-order valence-electron chi connectivity index (χ2n) is 7.16. The van der Waals surface area contributed by atoms with Crippen molar-refractivity contribution in [3.05, 3.63) is 35.4 Å². The number of rotatable bonds is 5. The molecule has 130 valence electrons. The van der Waals surface area contributed by atoms with Crippen molar-refractivity contribution < 1.29 is 18.4 Å². The summed E-state index contributed by atoms with van der Waals surface area (Å²) in [6.07, 6.45) is 4.05. The van der Waals surface area contributed by atoms with Gasteiger partial charge in [0.05, 0.1) is 5.56 Å². The van der Waals surface area contributed by atoms with Crippen LogP contribution in [0.5, 0.6) is 0 Å². The molecule has 1 heterocycles. The Bertz CT molecular complexity index is 634. The van der Waals surface area contributed by atoms with E-state index in [1.54, 1.807) is 0 Å². The third kappa shape index (κ3) is 3.82. The van der Waals surface area contributed by atoms with E-state index in [0.29, 0.717) is 44.2 Å². The zero-order chi connectivity index (χ0) is 17.3. The van der Waals surface area contributed by atoms with Gasteiger partial charge in [0.25, 0.3) is 0 Å². The molecule has 1 saturated heterocycles. The van der Waals surface area contributed by atoms with E-state index in [1.807, 2.05) is 4.90 Å². The number of carbonyl (C=O) groups excluding carboxylic acids is 2. The van der Waals surface area contributed by atoms with Crippen LogP contribution in [0.25, 0.3) is 0 Å². The second-order valence-corrected chi connectivity index (χ2v) is 7.16. The van der Waals surface area contributed by atoms with Gasteiger partial charge in [0.1, 0.15) is 11.6 Å². The minimum atomic E-state index is -0.682. The van der Waals surface area contributed by atoms with Crippen molar-refractivity contribution in [3.63, 3.8) is 0 Å². The summed E-state index contributed by atoms with van der Waals surface area (Å²) >= 11 is 0. The number of benzene rings is 1. The van der Waals surface area contributed by atoms with Crippen molar-refractivity contribution in [2.45, 2.75) is 39.0 Å². The van der Waals surface area contributed by atoms with E-state index in [0.717, 1.165) is 18.2 Å². The first-order valence-corrected chi connectivity index (χ1v) is 8.72. The summed E-state index contributed by atoms with van der Waals surface area (Å²) < 4.78 is 27.0. The molecule has 0 radical (unpaired) electrons. The number of likely N-dealkylation sites (tertiary alicyclic amines) is 1. The number of Topliss-reactive ketones (excluding diaryl/α,β-unsaturated/α-hetero) is 1. The zero-order valence-corrected chi connectivity index (χ0v) is 13.9. The van der Waals surface area contributed by atoms with Gasteiger partial charge in [0.2, 0.25) is 5.91 Å². The molecule has 1 atom stereocenters. The van der Waals surface area contributed by atoms with Gasteiger partial charge in [0, 0.05) is 25.4 Å². The molecule has 0 aromatic heterocycles. The number of hydrogen-bond donors (Lipinski definition) is 0. The molecule has 1 aliphatic heterocycles. The fourth-order valence-electron chi connectivity index (χ4n) is 3.53. The molecule has 0 N–H and O–H groups in total. The van der Waals surface area contributed by atoms with Crippen LogP contribution in [-0.4, -0.2) is 29.7 Å². The van der Waals surface area contributed by atoms with Gasteiger partial charge in [-0.3, -0.25) is 9.59 Å². The molecule has 5 heteroatoms. The van der Waals surface area contributed by atoms with Gasteiger partial charge in [-0.15, -0.1) is 0 Å². The quantitative estimate of drug-likeness (QED) is 0.767. The Hall–Kier alpha value is -1.78. The molecule has 2 fully saturated rings. The summed E-state index contributed by atoms with van der Waals surface area (Å²) in [5, 5.41) is 0. The summed E-state index contributed by atoms with van der Waals surface area (Å²) in [6.45, 7) is 3.16. The van der Waals surface area contributed by atoms with Gasteiger partial charge in [-0.25, -0.2) is 8.78 Å². The lowest BCUT2D eigenvalue weighted by Gasteiger charge is -2.32. The number of ketones is 1. The van der Waals surface area contributed by atoms with Crippen LogP contribution in [0.2, 0.25) is 0 Å². The average Bonchev–Trinajstić information content (AvgIpc) is 3.41. The highest BCUT2D eigenvalue weighted by Crippen LogP contribution is 2.38. The van der Waals surface area contributed by atoms with Crippen LogP contribution in [0.3, 0.4) is 0 Å². The molecule has 2 aliphatic rings. The summed E-state index contributed by atoms with van der Waals surface area (Å²) in [6, 6.07) is 2.96. The van der Waals surface area contributed by atoms with Crippen LogP contribution in [0, 0.1) is 29.4 Å². The second kappa shape index (κ2) is 6.99. The SMILES string of the molecule is C[C@H](CC(=O)N1CCC(C(=O)c2cc(F)ccc2F)CC1)C1CC1. The molecule has 1 aromatic rings. The van der Waals surface area contributed by atoms with Crippen LogP contribution in [-0.2, 0) is 4.79 Å². The Kier molecular flexibility index (Phi) is 4.97. The fraction of sp³-hybridized carbons (Fsp3) is 0.579. The lowest BCUT2D eigenvalue weighted by atomic mass is 9.88. The average molecular weight is 335 g/mol. The van der Waals surface area contributed by atoms with Crippen molar-refractivity contribution in [3.8, 4) is 0 Å². The molecule has 24 heavy (non-hydrogen) atoms. The van der Waals surface area contributed by atoms with E-state index < -0.39 is 11.6 Å². The maximum atomic E-state index is 13.8. The molecular formula is C19H23F2NO2. The van der Waals surface area contributed by atoms with Crippen molar-refractivity contribution in [2.24, 2.45) is 17.8 Å². The molecule has 1 aliphatic carbocycles. The Morgan fingerprint density at radius 2 is 1.83 bits per heavy atom. The summed E-state index contributed by atoms with van der Waals surface area (Å²) in [5.41, 5.74) is -0.179. The highest BCUT2D eigenvalue weighted by Gasteiger charge is 2.33. The molecule has 1 aromatic carbocycles.